The third-order valence-electron chi connectivity index (χ3n) is 6.66. The Hall–Kier alpha value is -2.67. The van der Waals surface area contributed by atoms with Crippen molar-refractivity contribution in [1.29, 1.82) is 0 Å². The van der Waals surface area contributed by atoms with E-state index in [1.165, 1.54) is 0 Å². The summed E-state index contributed by atoms with van der Waals surface area (Å²) >= 11 is 0. The van der Waals surface area contributed by atoms with E-state index in [1.54, 1.807) is 0 Å². The molecule has 0 radical (unpaired) electrons. The number of carboxylic acids is 1. The quantitative estimate of drug-likeness (QED) is 0.0525. The molecular formula is C34H58N2O5. The number of carboxylic acid groups (broad SMARTS) is 1. The maximum Gasteiger partial charge on any atom is 0.326 e. The number of carbonyl (C=O) groups is 3. The molecule has 7 nitrogen and oxygen atoms in total. The minimum absolute atomic E-state index is 0.0711. The van der Waals surface area contributed by atoms with Gasteiger partial charge in [-0.15, -0.1) is 0 Å². The van der Waals surface area contributed by atoms with Gasteiger partial charge < -0.3 is 20.9 Å². The van der Waals surface area contributed by atoms with E-state index in [0.717, 1.165) is 83.5 Å². The van der Waals surface area contributed by atoms with Gasteiger partial charge in [0.2, 0.25) is 5.91 Å². The summed E-state index contributed by atoms with van der Waals surface area (Å²) in [6.07, 6.45) is 32.0. The fraction of sp³-hybridized carbons (Fsp3) is 0.676. The highest BCUT2D eigenvalue weighted by Gasteiger charge is 2.19. The average molecular weight is 575 g/mol. The number of ether oxygens (including phenoxy) is 1. The fourth-order valence-corrected chi connectivity index (χ4v) is 4.25. The van der Waals surface area contributed by atoms with Gasteiger partial charge in [0.1, 0.15) is 12.1 Å². The maximum absolute atomic E-state index is 12.4. The Labute approximate surface area is 249 Å². The second-order valence-corrected chi connectivity index (χ2v) is 10.5. The van der Waals surface area contributed by atoms with Gasteiger partial charge in [0, 0.05) is 12.8 Å². The monoisotopic (exact) mass is 574 g/mol. The molecule has 0 bridgehead atoms. The minimum Gasteiger partial charge on any atom is -0.480 e. The molecule has 7 heteroatoms. The number of carbonyl (C=O) groups excluding carboxylic acids is 2. The van der Waals surface area contributed by atoms with Crippen molar-refractivity contribution in [2.45, 2.75) is 142 Å². The van der Waals surface area contributed by atoms with E-state index in [-0.39, 0.29) is 18.0 Å². The van der Waals surface area contributed by atoms with Gasteiger partial charge in [-0.3, -0.25) is 9.59 Å². The van der Waals surface area contributed by atoms with Crippen molar-refractivity contribution in [2.24, 2.45) is 5.73 Å². The lowest BCUT2D eigenvalue weighted by atomic mass is 10.0. The lowest BCUT2D eigenvalue weighted by molar-refractivity contribution is -0.150. The average Bonchev–Trinajstić information content (AvgIpc) is 2.95. The van der Waals surface area contributed by atoms with Gasteiger partial charge in [-0.2, -0.15) is 0 Å². The Bertz CT molecular complexity index is 788. The predicted octanol–water partition coefficient (Wildman–Crippen LogP) is 7.71. The van der Waals surface area contributed by atoms with Crippen LogP contribution in [0.3, 0.4) is 0 Å². The third kappa shape index (κ3) is 26.0. The molecule has 4 N–H and O–H groups in total. The zero-order chi connectivity index (χ0) is 30.4. The SMILES string of the molecule is CC/C=C\C/C=C\C/C=C\C/C=C\CCCCC(=O)OC(CCCC)CCCCCC(=O)NC(CCCN)C(=O)O. The molecule has 0 aromatic carbocycles. The van der Waals surface area contributed by atoms with Crippen molar-refractivity contribution in [1.82, 2.24) is 5.32 Å². The van der Waals surface area contributed by atoms with Crippen molar-refractivity contribution in [3.63, 3.8) is 0 Å². The Kier molecular flexibility index (Phi) is 27.0. The smallest absolute Gasteiger partial charge is 0.326 e. The minimum atomic E-state index is -1.03. The highest BCUT2D eigenvalue weighted by atomic mass is 16.5. The van der Waals surface area contributed by atoms with Crippen molar-refractivity contribution in [2.75, 3.05) is 6.54 Å². The van der Waals surface area contributed by atoms with E-state index in [4.69, 9.17) is 10.5 Å². The molecule has 0 fully saturated rings. The number of hydrogen-bond donors (Lipinski definition) is 3. The van der Waals surface area contributed by atoms with E-state index < -0.39 is 12.0 Å². The number of esters is 1. The number of allylic oxidation sites excluding steroid dienone is 8. The Morgan fingerprint density at radius 3 is 1.95 bits per heavy atom. The van der Waals surface area contributed by atoms with Crippen LogP contribution in [0.4, 0.5) is 0 Å². The van der Waals surface area contributed by atoms with Crippen LogP contribution in [0, 0.1) is 0 Å². The summed E-state index contributed by atoms with van der Waals surface area (Å²) in [6.45, 7) is 4.67. The van der Waals surface area contributed by atoms with Crippen molar-refractivity contribution in [3.8, 4) is 0 Å². The maximum atomic E-state index is 12.4. The number of amides is 1. The van der Waals surface area contributed by atoms with E-state index in [2.05, 4.69) is 67.8 Å². The van der Waals surface area contributed by atoms with Crippen LogP contribution in [0.1, 0.15) is 129 Å². The highest BCUT2D eigenvalue weighted by Crippen LogP contribution is 2.16. The summed E-state index contributed by atoms with van der Waals surface area (Å²) in [5, 5.41) is 11.8. The van der Waals surface area contributed by atoms with Gasteiger partial charge in [-0.25, -0.2) is 4.79 Å². The van der Waals surface area contributed by atoms with Gasteiger partial charge in [-0.05, 0) is 90.0 Å². The zero-order valence-corrected chi connectivity index (χ0v) is 25.9. The Balaban J connectivity index is 4.07. The van der Waals surface area contributed by atoms with Crippen LogP contribution in [0.25, 0.3) is 0 Å². The molecule has 234 valence electrons. The van der Waals surface area contributed by atoms with Gasteiger partial charge in [0.25, 0.3) is 0 Å². The zero-order valence-electron chi connectivity index (χ0n) is 25.9. The molecule has 41 heavy (non-hydrogen) atoms. The van der Waals surface area contributed by atoms with Crippen LogP contribution in [-0.4, -0.2) is 41.6 Å². The highest BCUT2D eigenvalue weighted by molar-refractivity contribution is 5.83. The molecule has 0 rings (SSSR count). The topological polar surface area (TPSA) is 119 Å². The van der Waals surface area contributed by atoms with E-state index in [9.17, 15) is 19.5 Å². The van der Waals surface area contributed by atoms with E-state index in [0.29, 0.717) is 38.6 Å². The first-order valence-corrected chi connectivity index (χ1v) is 16.0. The van der Waals surface area contributed by atoms with Gasteiger partial charge in [-0.1, -0.05) is 81.7 Å². The number of nitrogens with one attached hydrogen (secondary N) is 1. The van der Waals surface area contributed by atoms with Gasteiger partial charge in [0.15, 0.2) is 0 Å². The number of hydrogen-bond acceptors (Lipinski definition) is 5. The number of nitrogens with two attached hydrogens (primary N) is 1. The summed E-state index contributed by atoms with van der Waals surface area (Å²) in [6, 6.07) is -0.877. The molecule has 0 aromatic heterocycles. The summed E-state index contributed by atoms with van der Waals surface area (Å²) in [4.78, 5) is 35.8. The van der Waals surface area contributed by atoms with Crippen molar-refractivity contribution >= 4 is 17.8 Å². The van der Waals surface area contributed by atoms with Gasteiger partial charge >= 0.3 is 11.9 Å². The summed E-state index contributed by atoms with van der Waals surface area (Å²) < 4.78 is 5.79. The van der Waals surface area contributed by atoms with Crippen molar-refractivity contribution in [3.05, 3.63) is 48.6 Å². The summed E-state index contributed by atoms with van der Waals surface area (Å²) in [5.41, 5.74) is 5.44. The molecule has 0 aromatic rings. The second kappa shape index (κ2) is 28.8. The molecule has 2 unspecified atom stereocenters. The van der Waals surface area contributed by atoms with Crippen LogP contribution in [0.2, 0.25) is 0 Å². The largest absolute Gasteiger partial charge is 0.480 e. The first-order chi connectivity index (χ1) is 19.9. The molecule has 0 aliphatic heterocycles. The number of rotatable bonds is 27. The lowest BCUT2D eigenvalue weighted by Gasteiger charge is -2.18. The summed E-state index contributed by atoms with van der Waals surface area (Å²) in [7, 11) is 0. The first-order valence-electron chi connectivity index (χ1n) is 16.0. The first kappa shape index (κ1) is 38.3. The summed E-state index contributed by atoms with van der Waals surface area (Å²) in [5.74, 6) is -1.39. The molecule has 0 aliphatic rings. The normalized spacial score (nSPS) is 13.4. The number of aliphatic carboxylic acids is 1. The Morgan fingerprint density at radius 2 is 1.34 bits per heavy atom. The number of unbranched alkanes of at least 4 members (excludes halogenated alkanes) is 5. The molecule has 0 heterocycles. The van der Waals surface area contributed by atoms with Crippen LogP contribution >= 0.6 is 0 Å². The molecule has 0 spiro atoms. The van der Waals surface area contributed by atoms with E-state index in [1.807, 2.05) is 0 Å². The van der Waals surface area contributed by atoms with E-state index >= 15 is 0 Å². The van der Waals surface area contributed by atoms with Crippen LogP contribution in [-0.2, 0) is 19.1 Å². The molecule has 2 atom stereocenters. The molecule has 1 amide bonds. The second-order valence-electron chi connectivity index (χ2n) is 10.5. The molecule has 0 saturated heterocycles. The standard InChI is InChI=1S/C34H58N2O5/c1-3-5-7-8-9-10-11-12-13-14-15-16-17-18-22-28-33(38)41-30(24-6-4-2)25-20-19-21-27-32(37)36-31(34(39)40)26-23-29-35/h5,7,9-10,12-13,15-16,30-31H,3-4,6,8,11,14,17-29,35H2,1-2H3,(H,36,37)(H,39,40)/b7-5-,10-9-,13-12-,16-15-. The Morgan fingerprint density at radius 1 is 0.732 bits per heavy atom. The predicted molar refractivity (Wildman–Crippen MR) is 170 cm³/mol. The molecule has 0 saturated carbocycles. The molecular weight excluding hydrogens is 516 g/mol. The van der Waals surface area contributed by atoms with Gasteiger partial charge in [0.05, 0.1) is 0 Å². The van der Waals surface area contributed by atoms with Crippen LogP contribution in [0.15, 0.2) is 48.6 Å². The van der Waals surface area contributed by atoms with Crippen LogP contribution in [0.5, 0.6) is 0 Å². The fourth-order valence-electron chi connectivity index (χ4n) is 4.25. The lowest BCUT2D eigenvalue weighted by Crippen LogP contribution is -2.40. The molecule has 0 aliphatic carbocycles. The van der Waals surface area contributed by atoms with Crippen molar-refractivity contribution < 1.29 is 24.2 Å². The van der Waals surface area contributed by atoms with Crippen LogP contribution < -0.4 is 11.1 Å². The third-order valence-corrected chi connectivity index (χ3v) is 6.66.